The number of aromatic nitrogens is 2. The van der Waals surface area contributed by atoms with Crippen LogP contribution in [0.5, 0.6) is 6.01 Å². The van der Waals surface area contributed by atoms with Crippen molar-refractivity contribution >= 4 is 0 Å². The molecule has 0 N–H and O–H groups in total. The Morgan fingerprint density at radius 1 is 1.12 bits per heavy atom. The van der Waals surface area contributed by atoms with Crippen molar-refractivity contribution in [2.75, 3.05) is 20.2 Å². The molecule has 2 aliphatic rings. The number of rotatable bonds is 5. The molecule has 3 atom stereocenters. The first-order valence-corrected chi connectivity index (χ1v) is 8.95. The molecule has 0 spiro atoms. The lowest BCUT2D eigenvalue weighted by molar-refractivity contribution is 0.256. The Morgan fingerprint density at radius 3 is 2.50 bits per heavy atom. The van der Waals surface area contributed by atoms with Gasteiger partial charge in [0.05, 0.1) is 7.11 Å². The van der Waals surface area contributed by atoms with E-state index < -0.39 is 0 Å². The molecule has 1 saturated heterocycles. The zero-order valence-corrected chi connectivity index (χ0v) is 14.5. The summed E-state index contributed by atoms with van der Waals surface area (Å²) >= 11 is 0. The third-order valence-electron chi connectivity index (χ3n) is 5.57. The third kappa shape index (κ3) is 3.16. The fraction of sp³-hybridized carbons (Fsp3) is 0.500. The SMILES string of the molecule is COc1ncc(-c2ccc([C@H]3C[C@@H]3CN3CCC[C@@H]3C)cc2)cn1. The molecule has 126 valence electrons. The van der Waals surface area contributed by atoms with Crippen molar-refractivity contribution in [3.63, 3.8) is 0 Å². The monoisotopic (exact) mass is 323 g/mol. The second-order valence-corrected chi connectivity index (χ2v) is 7.17. The molecule has 1 aliphatic carbocycles. The van der Waals surface area contributed by atoms with Gasteiger partial charge in [0.2, 0.25) is 0 Å². The Labute approximate surface area is 143 Å². The summed E-state index contributed by atoms with van der Waals surface area (Å²) in [6.45, 7) is 4.94. The van der Waals surface area contributed by atoms with Crippen LogP contribution in [0.15, 0.2) is 36.7 Å². The zero-order chi connectivity index (χ0) is 16.5. The van der Waals surface area contributed by atoms with Crippen LogP contribution in [0.1, 0.15) is 37.7 Å². The highest BCUT2D eigenvalue weighted by Crippen LogP contribution is 2.48. The van der Waals surface area contributed by atoms with Crippen molar-refractivity contribution in [2.24, 2.45) is 5.92 Å². The highest BCUT2D eigenvalue weighted by molar-refractivity contribution is 5.62. The molecule has 1 aromatic heterocycles. The molecule has 2 fully saturated rings. The van der Waals surface area contributed by atoms with Gasteiger partial charge in [-0.15, -0.1) is 0 Å². The third-order valence-corrected chi connectivity index (χ3v) is 5.57. The summed E-state index contributed by atoms with van der Waals surface area (Å²) in [6, 6.07) is 10.1. The minimum atomic E-state index is 0.410. The molecule has 2 heterocycles. The molecule has 4 rings (SSSR count). The van der Waals surface area contributed by atoms with Gasteiger partial charge in [0.25, 0.3) is 0 Å². The van der Waals surface area contributed by atoms with Crippen LogP contribution in [0.2, 0.25) is 0 Å². The average molecular weight is 323 g/mol. The van der Waals surface area contributed by atoms with E-state index in [0.717, 1.165) is 29.0 Å². The molecule has 1 aromatic carbocycles. The fourth-order valence-corrected chi connectivity index (χ4v) is 3.92. The van der Waals surface area contributed by atoms with Crippen molar-refractivity contribution in [3.8, 4) is 17.1 Å². The molecule has 0 amide bonds. The summed E-state index contributed by atoms with van der Waals surface area (Å²) < 4.78 is 5.01. The van der Waals surface area contributed by atoms with E-state index in [4.69, 9.17) is 4.74 Å². The van der Waals surface area contributed by atoms with Gasteiger partial charge in [-0.2, -0.15) is 0 Å². The van der Waals surface area contributed by atoms with E-state index in [-0.39, 0.29) is 0 Å². The van der Waals surface area contributed by atoms with E-state index in [1.54, 1.807) is 7.11 Å². The van der Waals surface area contributed by atoms with Crippen LogP contribution < -0.4 is 4.74 Å². The number of hydrogen-bond acceptors (Lipinski definition) is 4. The standard InChI is InChI=1S/C20H25N3O/c1-14-4-3-9-23(14)13-17-10-19(17)16-7-5-15(6-8-16)18-11-21-20(24-2)22-12-18/h5-8,11-12,14,17,19H,3-4,9-10,13H2,1-2H3/t14-,17+,19+/m0/s1. The van der Waals surface area contributed by atoms with Gasteiger partial charge in [-0.3, -0.25) is 0 Å². The van der Waals surface area contributed by atoms with Crippen LogP contribution >= 0.6 is 0 Å². The quantitative estimate of drug-likeness (QED) is 0.840. The van der Waals surface area contributed by atoms with Crippen molar-refractivity contribution in [1.82, 2.24) is 14.9 Å². The number of benzene rings is 1. The summed E-state index contributed by atoms with van der Waals surface area (Å²) in [5, 5.41) is 0. The Balaban J connectivity index is 1.39. The van der Waals surface area contributed by atoms with Crippen LogP contribution in [0.4, 0.5) is 0 Å². The summed E-state index contributed by atoms with van der Waals surface area (Å²) in [5.74, 6) is 1.60. The molecule has 24 heavy (non-hydrogen) atoms. The number of methoxy groups -OCH3 is 1. The van der Waals surface area contributed by atoms with Gasteiger partial charge in [0.15, 0.2) is 0 Å². The van der Waals surface area contributed by atoms with E-state index in [9.17, 15) is 0 Å². The van der Waals surface area contributed by atoms with Crippen molar-refractivity contribution < 1.29 is 4.74 Å². The highest BCUT2D eigenvalue weighted by Gasteiger charge is 2.40. The van der Waals surface area contributed by atoms with Crippen molar-refractivity contribution in [1.29, 1.82) is 0 Å². The van der Waals surface area contributed by atoms with Gasteiger partial charge in [-0.1, -0.05) is 24.3 Å². The molecule has 1 aliphatic heterocycles. The molecule has 1 saturated carbocycles. The van der Waals surface area contributed by atoms with E-state index in [1.807, 2.05) is 12.4 Å². The Hall–Kier alpha value is -1.94. The summed E-state index contributed by atoms with van der Waals surface area (Å²) in [5.41, 5.74) is 3.66. The normalized spacial score (nSPS) is 26.5. The van der Waals surface area contributed by atoms with E-state index >= 15 is 0 Å². The van der Waals surface area contributed by atoms with Crippen LogP contribution in [-0.2, 0) is 0 Å². The number of ether oxygens (including phenoxy) is 1. The largest absolute Gasteiger partial charge is 0.467 e. The first-order chi connectivity index (χ1) is 11.7. The predicted molar refractivity (Wildman–Crippen MR) is 95.1 cm³/mol. The minimum Gasteiger partial charge on any atom is -0.467 e. The van der Waals surface area contributed by atoms with Gasteiger partial charge >= 0.3 is 6.01 Å². The first kappa shape index (κ1) is 15.6. The zero-order valence-electron chi connectivity index (χ0n) is 14.5. The topological polar surface area (TPSA) is 38.2 Å². The Kier molecular flexibility index (Phi) is 4.23. The summed E-state index contributed by atoms with van der Waals surface area (Å²) in [4.78, 5) is 11.0. The molecular formula is C20H25N3O. The van der Waals surface area contributed by atoms with E-state index in [0.29, 0.717) is 6.01 Å². The van der Waals surface area contributed by atoms with Gasteiger partial charge < -0.3 is 9.64 Å². The summed E-state index contributed by atoms with van der Waals surface area (Å²) in [6.07, 6.45) is 7.71. The lowest BCUT2D eigenvalue weighted by Gasteiger charge is -2.20. The molecule has 0 unspecified atom stereocenters. The van der Waals surface area contributed by atoms with Crippen LogP contribution in [0.3, 0.4) is 0 Å². The second-order valence-electron chi connectivity index (χ2n) is 7.17. The number of nitrogens with zero attached hydrogens (tertiary/aromatic N) is 3. The first-order valence-electron chi connectivity index (χ1n) is 8.95. The molecule has 4 heteroatoms. The second kappa shape index (κ2) is 6.52. The fourth-order valence-electron chi connectivity index (χ4n) is 3.92. The van der Waals surface area contributed by atoms with E-state index in [2.05, 4.69) is 46.1 Å². The highest BCUT2D eigenvalue weighted by atomic mass is 16.5. The Bertz CT molecular complexity index is 683. The maximum atomic E-state index is 5.01. The maximum absolute atomic E-state index is 5.01. The Morgan fingerprint density at radius 2 is 1.88 bits per heavy atom. The number of likely N-dealkylation sites (tertiary alicyclic amines) is 1. The summed E-state index contributed by atoms with van der Waals surface area (Å²) in [7, 11) is 1.58. The maximum Gasteiger partial charge on any atom is 0.316 e. The van der Waals surface area contributed by atoms with Gasteiger partial charge in [-0.25, -0.2) is 9.97 Å². The van der Waals surface area contributed by atoms with Crippen LogP contribution in [-0.4, -0.2) is 41.1 Å². The molecular weight excluding hydrogens is 298 g/mol. The van der Waals surface area contributed by atoms with Crippen molar-refractivity contribution in [2.45, 2.75) is 38.1 Å². The van der Waals surface area contributed by atoms with Crippen LogP contribution in [0, 0.1) is 5.92 Å². The number of hydrogen-bond donors (Lipinski definition) is 0. The average Bonchev–Trinajstić information content (AvgIpc) is 3.29. The minimum absolute atomic E-state index is 0.410. The van der Waals surface area contributed by atoms with Gasteiger partial charge in [-0.05, 0) is 55.7 Å². The van der Waals surface area contributed by atoms with Gasteiger partial charge in [0.1, 0.15) is 0 Å². The van der Waals surface area contributed by atoms with E-state index in [1.165, 1.54) is 37.9 Å². The van der Waals surface area contributed by atoms with Crippen LogP contribution in [0.25, 0.3) is 11.1 Å². The predicted octanol–water partition coefficient (Wildman–Crippen LogP) is 3.74. The lowest BCUT2D eigenvalue weighted by atomic mass is 10.0. The van der Waals surface area contributed by atoms with Crippen molar-refractivity contribution in [3.05, 3.63) is 42.2 Å². The lowest BCUT2D eigenvalue weighted by Crippen LogP contribution is -2.29. The molecule has 0 bridgehead atoms. The molecule has 4 nitrogen and oxygen atoms in total. The molecule has 0 radical (unpaired) electrons. The smallest absolute Gasteiger partial charge is 0.316 e. The van der Waals surface area contributed by atoms with Gasteiger partial charge in [0, 0.05) is 30.5 Å². The molecule has 2 aromatic rings.